The Morgan fingerprint density at radius 2 is 1.29 bits per heavy atom. The van der Waals surface area contributed by atoms with E-state index in [0.29, 0.717) is 6.42 Å². The van der Waals surface area contributed by atoms with Gasteiger partial charge in [-0.25, -0.2) is 0 Å². The lowest BCUT2D eigenvalue weighted by molar-refractivity contribution is -0.369. The van der Waals surface area contributed by atoms with Crippen LogP contribution in [0.1, 0.15) is 34.1 Å². The number of methoxy groups -OCH3 is 2. The van der Waals surface area contributed by atoms with Crippen LogP contribution in [-0.2, 0) is 9.47 Å². The van der Waals surface area contributed by atoms with Crippen molar-refractivity contribution < 1.29 is 35.8 Å². The highest BCUT2D eigenvalue weighted by molar-refractivity contribution is 4.99. The van der Waals surface area contributed by atoms with Gasteiger partial charge in [0.1, 0.15) is 0 Å². The molecule has 0 aromatic heterocycles. The summed E-state index contributed by atoms with van der Waals surface area (Å²) in [5.41, 5.74) is -1.15. The number of alkyl halides is 6. The normalized spacial score (nSPS) is 15.1. The molecule has 0 aromatic rings. The molecule has 9 heteroatoms. The molecule has 0 saturated carbocycles. The molecule has 0 N–H and O–H groups in total. The first-order chi connectivity index (χ1) is 10.6. The van der Waals surface area contributed by atoms with Gasteiger partial charge in [-0.15, -0.1) is 4.90 Å². The lowest BCUT2D eigenvalue weighted by Gasteiger charge is -2.37. The maximum absolute atomic E-state index is 12.4. The zero-order chi connectivity index (χ0) is 19.4. The molecule has 0 amide bonds. The molecule has 0 heterocycles. The molecule has 0 saturated heterocycles. The molecule has 144 valence electrons. The van der Waals surface area contributed by atoms with Crippen molar-refractivity contribution in [3.63, 3.8) is 0 Å². The van der Waals surface area contributed by atoms with Gasteiger partial charge >= 0.3 is 12.6 Å². The quantitative estimate of drug-likeness (QED) is 0.263. The van der Waals surface area contributed by atoms with E-state index in [2.05, 4.69) is 0 Å². The molecule has 0 aliphatic heterocycles. The van der Waals surface area contributed by atoms with Gasteiger partial charge in [0.2, 0.25) is 0 Å². The van der Waals surface area contributed by atoms with Crippen molar-refractivity contribution in [2.24, 2.45) is 10.8 Å². The van der Waals surface area contributed by atoms with Crippen LogP contribution >= 0.6 is 0 Å². The van der Waals surface area contributed by atoms with Gasteiger partial charge < -0.3 is 9.47 Å². The molecule has 24 heavy (non-hydrogen) atoms. The summed E-state index contributed by atoms with van der Waals surface area (Å²) < 4.78 is 85.0. The summed E-state index contributed by atoms with van der Waals surface area (Å²) in [6.45, 7) is 5.84. The maximum Gasteiger partial charge on any atom is 0.467 e. The summed E-state index contributed by atoms with van der Waals surface area (Å²) in [4.78, 5) is -1.47. The monoisotopic (exact) mass is 365 g/mol. The van der Waals surface area contributed by atoms with Crippen molar-refractivity contribution in [1.82, 2.24) is 4.90 Å². The third-order valence-corrected chi connectivity index (χ3v) is 3.45. The predicted octanol–water partition coefficient (Wildman–Crippen LogP) is 4.95. The van der Waals surface area contributed by atoms with E-state index >= 15 is 0 Å². The van der Waals surface area contributed by atoms with Crippen LogP contribution in [-0.4, -0.2) is 44.6 Å². The number of hydrogen-bond acceptors (Lipinski definition) is 3. The van der Waals surface area contributed by atoms with Gasteiger partial charge in [0.15, 0.2) is 6.29 Å². The van der Waals surface area contributed by atoms with E-state index < -0.39 is 41.2 Å². The standard InChI is InChI=1S/C15H25F6NO2/c1-12(2,10-13(3,4)11(23-5)24-6)8-7-9-22(14(16,17)18)15(19,20)21/h7-8,11H,9-10H2,1-6H3/b8-7+. The van der Waals surface area contributed by atoms with Crippen LogP contribution in [0, 0.1) is 10.8 Å². The van der Waals surface area contributed by atoms with Crippen LogP contribution in [0.5, 0.6) is 0 Å². The van der Waals surface area contributed by atoms with Gasteiger partial charge in [-0.05, 0) is 11.8 Å². The fraction of sp³-hybridized carbons (Fsp3) is 0.867. The Hall–Kier alpha value is -0.800. The third kappa shape index (κ3) is 7.40. The zero-order valence-electron chi connectivity index (χ0n) is 14.7. The minimum Gasteiger partial charge on any atom is -0.355 e. The highest BCUT2D eigenvalue weighted by Gasteiger charge is 2.53. The lowest BCUT2D eigenvalue weighted by atomic mass is 9.74. The molecule has 0 aliphatic rings. The van der Waals surface area contributed by atoms with Crippen LogP contribution in [0.4, 0.5) is 26.3 Å². The Balaban J connectivity index is 5.06. The number of halogens is 6. The number of hydrogen-bond donors (Lipinski definition) is 0. The van der Waals surface area contributed by atoms with Crippen LogP contribution in [0.3, 0.4) is 0 Å². The molecule has 0 bridgehead atoms. The van der Waals surface area contributed by atoms with Crippen molar-refractivity contribution in [3.05, 3.63) is 12.2 Å². The van der Waals surface area contributed by atoms with Gasteiger partial charge in [-0.2, -0.15) is 26.3 Å². The van der Waals surface area contributed by atoms with Crippen LogP contribution in [0.2, 0.25) is 0 Å². The molecule has 0 rings (SSSR count). The van der Waals surface area contributed by atoms with Crippen molar-refractivity contribution in [2.45, 2.75) is 53.0 Å². The number of allylic oxidation sites excluding steroid dienone is 1. The maximum atomic E-state index is 12.4. The van der Waals surface area contributed by atoms with Gasteiger partial charge in [0.05, 0.1) is 0 Å². The molecular formula is C15H25F6NO2. The summed E-state index contributed by atoms with van der Waals surface area (Å²) in [7, 11) is 2.92. The number of ether oxygens (including phenoxy) is 2. The van der Waals surface area contributed by atoms with Crippen LogP contribution < -0.4 is 0 Å². The molecule has 0 radical (unpaired) electrons. The first-order valence-corrected chi connectivity index (χ1v) is 7.21. The summed E-state index contributed by atoms with van der Waals surface area (Å²) >= 11 is 0. The fourth-order valence-electron chi connectivity index (χ4n) is 2.88. The van der Waals surface area contributed by atoms with Crippen molar-refractivity contribution in [3.8, 4) is 0 Å². The molecule has 0 unspecified atom stereocenters. The SMILES string of the molecule is COC(OC)C(C)(C)CC(C)(C)/C=C/CN(C(F)(F)F)C(F)(F)F. The second kappa shape index (κ2) is 8.05. The minimum absolute atomic E-state index is 0.431. The molecule has 0 spiro atoms. The Morgan fingerprint density at radius 1 is 0.875 bits per heavy atom. The molecule has 0 atom stereocenters. The highest BCUT2D eigenvalue weighted by atomic mass is 19.4. The fourth-order valence-corrected chi connectivity index (χ4v) is 2.88. The van der Waals surface area contributed by atoms with Gasteiger partial charge in [0.25, 0.3) is 0 Å². The van der Waals surface area contributed by atoms with Crippen LogP contribution in [0.15, 0.2) is 12.2 Å². The Bertz CT molecular complexity index is 397. The van der Waals surface area contributed by atoms with Gasteiger partial charge in [-0.1, -0.05) is 39.8 Å². The van der Waals surface area contributed by atoms with E-state index in [0.717, 1.165) is 6.08 Å². The van der Waals surface area contributed by atoms with Gasteiger partial charge in [0, 0.05) is 26.2 Å². The molecule has 0 aliphatic carbocycles. The van der Waals surface area contributed by atoms with E-state index in [1.165, 1.54) is 20.3 Å². The van der Waals surface area contributed by atoms with Gasteiger partial charge in [-0.3, -0.25) is 0 Å². The van der Waals surface area contributed by atoms with E-state index in [1.54, 1.807) is 13.8 Å². The first kappa shape index (κ1) is 23.2. The molecular weight excluding hydrogens is 340 g/mol. The van der Waals surface area contributed by atoms with E-state index in [1.807, 2.05) is 13.8 Å². The minimum atomic E-state index is -5.48. The summed E-state index contributed by atoms with van der Waals surface area (Å²) in [5, 5.41) is 0. The Labute approximate surface area is 138 Å². The Kier molecular flexibility index (Phi) is 7.78. The largest absolute Gasteiger partial charge is 0.467 e. The average molecular weight is 365 g/mol. The first-order valence-electron chi connectivity index (χ1n) is 7.21. The Morgan fingerprint density at radius 3 is 1.62 bits per heavy atom. The van der Waals surface area contributed by atoms with Crippen molar-refractivity contribution >= 4 is 0 Å². The van der Waals surface area contributed by atoms with Crippen molar-refractivity contribution in [1.29, 1.82) is 0 Å². The average Bonchev–Trinajstić information content (AvgIpc) is 2.31. The molecule has 3 nitrogen and oxygen atoms in total. The number of rotatable bonds is 8. The smallest absolute Gasteiger partial charge is 0.355 e. The highest BCUT2D eigenvalue weighted by Crippen LogP contribution is 2.39. The van der Waals surface area contributed by atoms with E-state index in [9.17, 15) is 26.3 Å². The second-order valence-corrected chi connectivity index (χ2v) is 6.91. The molecule has 0 fully saturated rings. The summed E-state index contributed by atoms with van der Waals surface area (Å²) in [6.07, 6.45) is -8.85. The topological polar surface area (TPSA) is 21.7 Å². The third-order valence-electron chi connectivity index (χ3n) is 3.45. The number of nitrogens with zero attached hydrogens (tertiary/aromatic N) is 1. The summed E-state index contributed by atoms with van der Waals surface area (Å²) in [6, 6.07) is 0. The summed E-state index contributed by atoms with van der Waals surface area (Å²) in [5.74, 6) is 0. The predicted molar refractivity (Wildman–Crippen MR) is 77.9 cm³/mol. The van der Waals surface area contributed by atoms with E-state index in [-0.39, 0.29) is 0 Å². The van der Waals surface area contributed by atoms with Crippen LogP contribution in [0.25, 0.3) is 0 Å². The zero-order valence-corrected chi connectivity index (χ0v) is 14.7. The molecule has 0 aromatic carbocycles. The lowest BCUT2D eigenvalue weighted by Crippen LogP contribution is -2.48. The van der Waals surface area contributed by atoms with E-state index in [4.69, 9.17) is 9.47 Å². The van der Waals surface area contributed by atoms with Crippen molar-refractivity contribution in [2.75, 3.05) is 20.8 Å². The second-order valence-electron chi connectivity index (χ2n) is 6.91.